The third kappa shape index (κ3) is 2.80. The van der Waals surface area contributed by atoms with Crippen molar-refractivity contribution < 1.29 is 5.11 Å². The van der Waals surface area contributed by atoms with Gasteiger partial charge in [0.25, 0.3) is 0 Å². The van der Waals surface area contributed by atoms with Crippen LogP contribution < -0.4 is 5.73 Å². The summed E-state index contributed by atoms with van der Waals surface area (Å²) in [6, 6.07) is 0.412. The summed E-state index contributed by atoms with van der Waals surface area (Å²) in [5.41, 5.74) is 5.94. The zero-order valence-electron chi connectivity index (χ0n) is 7.13. The van der Waals surface area contributed by atoms with E-state index in [0.717, 1.165) is 12.8 Å². The molecule has 0 saturated heterocycles. The summed E-state index contributed by atoms with van der Waals surface area (Å²) in [6.07, 6.45) is 7.16. The van der Waals surface area contributed by atoms with Crippen molar-refractivity contribution in [1.82, 2.24) is 0 Å². The minimum absolute atomic E-state index is 0.323. The molecule has 1 aliphatic rings. The van der Waals surface area contributed by atoms with Gasteiger partial charge in [0.2, 0.25) is 0 Å². The molecule has 0 radical (unpaired) electrons. The summed E-state index contributed by atoms with van der Waals surface area (Å²) in [5, 5.41) is 8.64. The molecular formula is C9H19NO. The van der Waals surface area contributed by atoms with Crippen LogP contribution in [0.5, 0.6) is 0 Å². The average Bonchev–Trinajstić information content (AvgIpc) is 2.03. The van der Waals surface area contributed by atoms with Crippen LogP contribution in [0.25, 0.3) is 0 Å². The Kier molecular flexibility index (Phi) is 3.87. The van der Waals surface area contributed by atoms with Gasteiger partial charge in [-0.3, -0.25) is 0 Å². The molecular weight excluding hydrogens is 138 g/mol. The van der Waals surface area contributed by atoms with Gasteiger partial charge >= 0.3 is 0 Å². The maximum Gasteiger partial charge on any atom is 0.0431 e. The van der Waals surface area contributed by atoms with E-state index in [4.69, 9.17) is 10.8 Å². The van der Waals surface area contributed by atoms with Crippen LogP contribution >= 0.6 is 0 Å². The molecule has 1 aliphatic carbocycles. The lowest BCUT2D eigenvalue weighted by Gasteiger charge is -2.28. The van der Waals surface area contributed by atoms with Gasteiger partial charge in [-0.15, -0.1) is 0 Å². The van der Waals surface area contributed by atoms with Gasteiger partial charge in [-0.25, -0.2) is 0 Å². The Morgan fingerprint density at radius 3 is 2.64 bits per heavy atom. The molecule has 1 fully saturated rings. The predicted octanol–water partition coefficient (Wildman–Crippen LogP) is 1.28. The molecule has 0 heterocycles. The fraction of sp³-hybridized carbons (Fsp3) is 1.00. The smallest absolute Gasteiger partial charge is 0.0431 e. The molecule has 1 saturated carbocycles. The number of hydrogen-bond acceptors (Lipinski definition) is 2. The molecule has 0 aromatic rings. The van der Waals surface area contributed by atoms with Gasteiger partial charge in [-0.2, -0.15) is 0 Å². The second-order valence-electron chi connectivity index (χ2n) is 3.57. The van der Waals surface area contributed by atoms with Gasteiger partial charge < -0.3 is 10.8 Å². The molecule has 66 valence electrons. The molecule has 0 aromatic heterocycles. The third-order valence-corrected chi connectivity index (χ3v) is 2.70. The lowest BCUT2D eigenvalue weighted by molar-refractivity contribution is 0.238. The molecule has 1 rings (SSSR count). The highest BCUT2D eigenvalue weighted by Gasteiger charge is 2.20. The van der Waals surface area contributed by atoms with Crippen LogP contribution in [0, 0.1) is 5.92 Å². The molecule has 3 N–H and O–H groups in total. The summed E-state index contributed by atoms with van der Waals surface area (Å²) in [5.74, 6) is 0.691. The molecule has 0 aromatic carbocycles. The van der Waals surface area contributed by atoms with Crippen molar-refractivity contribution in [3.63, 3.8) is 0 Å². The van der Waals surface area contributed by atoms with E-state index in [1.807, 2.05) is 0 Å². The zero-order valence-corrected chi connectivity index (χ0v) is 7.13. The van der Waals surface area contributed by atoms with Crippen LogP contribution in [0.1, 0.15) is 38.5 Å². The highest BCUT2D eigenvalue weighted by atomic mass is 16.2. The zero-order chi connectivity index (χ0) is 8.10. The van der Waals surface area contributed by atoms with E-state index in [1.165, 1.54) is 25.7 Å². The highest BCUT2D eigenvalue weighted by Crippen LogP contribution is 2.26. The molecule has 0 aliphatic heterocycles. The molecule has 2 heteroatoms. The molecule has 0 bridgehead atoms. The summed E-state index contributed by atoms with van der Waals surface area (Å²) in [4.78, 5) is 0. The Morgan fingerprint density at radius 2 is 2.00 bits per heavy atom. The first-order valence-corrected chi connectivity index (χ1v) is 4.71. The third-order valence-electron chi connectivity index (χ3n) is 2.70. The van der Waals surface area contributed by atoms with Crippen molar-refractivity contribution in [2.24, 2.45) is 11.7 Å². The van der Waals surface area contributed by atoms with E-state index < -0.39 is 0 Å². The summed E-state index contributed by atoms with van der Waals surface area (Å²) in [7, 11) is 0. The van der Waals surface area contributed by atoms with Gasteiger partial charge in [0, 0.05) is 12.6 Å². The van der Waals surface area contributed by atoms with E-state index in [1.54, 1.807) is 0 Å². The van der Waals surface area contributed by atoms with Crippen molar-refractivity contribution in [2.75, 3.05) is 6.61 Å². The van der Waals surface area contributed by atoms with Crippen molar-refractivity contribution >= 4 is 0 Å². The number of aliphatic hydroxyl groups excluding tert-OH is 1. The maximum atomic E-state index is 8.64. The summed E-state index contributed by atoms with van der Waals surface area (Å²) >= 11 is 0. The Bertz CT molecular complexity index is 106. The van der Waals surface area contributed by atoms with Gasteiger partial charge in [0.05, 0.1) is 0 Å². The van der Waals surface area contributed by atoms with Gasteiger partial charge in [0.15, 0.2) is 0 Å². The Hall–Kier alpha value is -0.0800. The van der Waals surface area contributed by atoms with Crippen molar-refractivity contribution in [2.45, 2.75) is 44.6 Å². The largest absolute Gasteiger partial charge is 0.396 e. The number of nitrogens with two attached hydrogens (primary N) is 1. The SMILES string of the molecule is N[C@@H]1CCCCC1CCCO. The first-order valence-electron chi connectivity index (χ1n) is 4.71. The predicted molar refractivity (Wildman–Crippen MR) is 46.3 cm³/mol. The van der Waals surface area contributed by atoms with E-state index in [-0.39, 0.29) is 0 Å². The van der Waals surface area contributed by atoms with Gasteiger partial charge in [-0.1, -0.05) is 12.8 Å². The second-order valence-corrected chi connectivity index (χ2v) is 3.57. The number of rotatable bonds is 3. The van der Waals surface area contributed by atoms with E-state index in [2.05, 4.69) is 0 Å². The molecule has 0 spiro atoms. The van der Waals surface area contributed by atoms with Crippen LogP contribution in [0.3, 0.4) is 0 Å². The Labute approximate surface area is 68.8 Å². The Morgan fingerprint density at radius 1 is 1.27 bits per heavy atom. The molecule has 0 amide bonds. The lowest BCUT2D eigenvalue weighted by atomic mass is 9.82. The minimum Gasteiger partial charge on any atom is -0.396 e. The standard InChI is InChI=1S/C9H19NO/c10-9-6-2-1-4-8(9)5-3-7-11/h8-9,11H,1-7,10H2/t8?,9-/m1/s1. The lowest BCUT2D eigenvalue weighted by Crippen LogP contribution is -2.33. The number of hydrogen-bond donors (Lipinski definition) is 2. The highest BCUT2D eigenvalue weighted by molar-refractivity contribution is 4.77. The van der Waals surface area contributed by atoms with E-state index >= 15 is 0 Å². The second kappa shape index (κ2) is 4.73. The van der Waals surface area contributed by atoms with Gasteiger partial charge in [-0.05, 0) is 31.6 Å². The van der Waals surface area contributed by atoms with E-state index in [0.29, 0.717) is 18.6 Å². The van der Waals surface area contributed by atoms with Crippen LogP contribution in [-0.2, 0) is 0 Å². The van der Waals surface area contributed by atoms with Crippen molar-refractivity contribution in [3.05, 3.63) is 0 Å². The molecule has 2 nitrogen and oxygen atoms in total. The number of aliphatic hydroxyl groups is 1. The first-order chi connectivity index (χ1) is 5.34. The van der Waals surface area contributed by atoms with Crippen LogP contribution in [0.15, 0.2) is 0 Å². The average molecular weight is 157 g/mol. The maximum absolute atomic E-state index is 8.64. The molecule has 1 unspecified atom stereocenters. The quantitative estimate of drug-likeness (QED) is 0.648. The van der Waals surface area contributed by atoms with Gasteiger partial charge in [0.1, 0.15) is 0 Å². The fourth-order valence-corrected chi connectivity index (χ4v) is 1.95. The van der Waals surface area contributed by atoms with Crippen molar-refractivity contribution in [1.29, 1.82) is 0 Å². The van der Waals surface area contributed by atoms with Crippen molar-refractivity contribution in [3.8, 4) is 0 Å². The minimum atomic E-state index is 0.323. The molecule has 11 heavy (non-hydrogen) atoms. The normalized spacial score (nSPS) is 32.2. The first kappa shape index (κ1) is 9.01. The van der Waals surface area contributed by atoms with Crippen LogP contribution in [0.2, 0.25) is 0 Å². The summed E-state index contributed by atoms with van der Waals surface area (Å²) < 4.78 is 0. The topological polar surface area (TPSA) is 46.2 Å². The monoisotopic (exact) mass is 157 g/mol. The summed E-state index contributed by atoms with van der Waals surface area (Å²) in [6.45, 7) is 0.323. The Balaban J connectivity index is 2.18. The fourth-order valence-electron chi connectivity index (χ4n) is 1.95. The van der Waals surface area contributed by atoms with Crippen LogP contribution in [0.4, 0.5) is 0 Å². The van der Waals surface area contributed by atoms with Crippen LogP contribution in [-0.4, -0.2) is 17.8 Å². The molecule has 2 atom stereocenters. The van der Waals surface area contributed by atoms with E-state index in [9.17, 15) is 0 Å².